The van der Waals surface area contributed by atoms with Crippen LogP contribution in [0.25, 0.3) is 0 Å². The van der Waals surface area contributed by atoms with Gasteiger partial charge in [-0.25, -0.2) is 0 Å². The highest BCUT2D eigenvalue weighted by atomic mass is 16.1. The van der Waals surface area contributed by atoms with Gasteiger partial charge in [0.25, 0.3) is 0 Å². The molecule has 2 heteroatoms. The molecule has 70 valence electrons. The Morgan fingerprint density at radius 2 is 2.08 bits per heavy atom. The van der Waals surface area contributed by atoms with Crippen molar-refractivity contribution in [3.8, 4) is 0 Å². The van der Waals surface area contributed by atoms with E-state index >= 15 is 0 Å². The molecule has 2 atom stereocenters. The van der Waals surface area contributed by atoms with Gasteiger partial charge in [0.05, 0.1) is 0 Å². The van der Waals surface area contributed by atoms with Crippen molar-refractivity contribution in [3.63, 3.8) is 0 Å². The summed E-state index contributed by atoms with van der Waals surface area (Å²) in [6, 6.07) is 0. The van der Waals surface area contributed by atoms with E-state index in [9.17, 15) is 4.79 Å². The van der Waals surface area contributed by atoms with Gasteiger partial charge < -0.3 is 5.73 Å². The van der Waals surface area contributed by atoms with E-state index < -0.39 is 0 Å². The van der Waals surface area contributed by atoms with Crippen molar-refractivity contribution in [1.82, 2.24) is 0 Å². The van der Waals surface area contributed by atoms with E-state index in [1.165, 1.54) is 32.1 Å². The molecule has 2 N–H and O–H groups in total. The van der Waals surface area contributed by atoms with Gasteiger partial charge in [-0.1, -0.05) is 26.2 Å². The first kappa shape index (κ1) is 9.56. The summed E-state index contributed by atoms with van der Waals surface area (Å²) in [6.45, 7) is 2.23. The van der Waals surface area contributed by atoms with Crippen LogP contribution in [0.3, 0.4) is 0 Å². The van der Waals surface area contributed by atoms with Crippen molar-refractivity contribution in [2.24, 2.45) is 17.6 Å². The number of nitrogens with two attached hydrogens (primary N) is 1. The third kappa shape index (κ3) is 2.84. The van der Waals surface area contributed by atoms with E-state index in [2.05, 4.69) is 6.92 Å². The summed E-state index contributed by atoms with van der Waals surface area (Å²) >= 11 is 0. The minimum absolute atomic E-state index is 0.128. The number of carbonyl (C=O) groups is 1. The maximum absolute atomic E-state index is 10.7. The fourth-order valence-electron chi connectivity index (χ4n) is 2.24. The average Bonchev–Trinajstić information content (AvgIpc) is 2.03. The van der Waals surface area contributed by atoms with E-state index in [0.717, 1.165) is 5.92 Å². The molecule has 1 saturated carbocycles. The highest BCUT2D eigenvalue weighted by Gasteiger charge is 2.21. The predicted molar refractivity (Wildman–Crippen MR) is 49.6 cm³/mol. The fourth-order valence-corrected chi connectivity index (χ4v) is 2.24. The van der Waals surface area contributed by atoms with Crippen LogP contribution in [0.4, 0.5) is 0 Å². The van der Waals surface area contributed by atoms with Crippen LogP contribution in [0.2, 0.25) is 0 Å². The van der Waals surface area contributed by atoms with Gasteiger partial charge in [0, 0.05) is 6.42 Å². The Morgan fingerprint density at radius 3 is 2.67 bits per heavy atom. The van der Waals surface area contributed by atoms with Crippen molar-refractivity contribution in [2.75, 3.05) is 0 Å². The van der Waals surface area contributed by atoms with Crippen molar-refractivity contribution < 1.29 is 4.79 Å². The summed E-state index contributed by atoms with van der Waals surface area (Å²) in [5.74, 6) is 1.31. The Morgan fingerprint density at radius 1 is 1.42 bits per heavy atom. The molecule has 0 radical (unpaired) electrons. The highest BCUT2D eigenvalue weighted by Crippen LogP contribution is 2.32. The van der Waals surface area contributed by atoms with Gasteiger partial charge >= 0.3 is 0 Å². The maximum atomic E-state index is 10.7. The average molecular weight is 169 g/mol. The SMILES string of the molecule is CCC1CCCC(CC(N)=O)C1. The molecule has 12 heavy (non-hydrogen) atoms. The van der Waals surface area contributed by atoms with Gasteiger partial charge in [0.15, 0.2) is 0 Å². The Hall–Kier alpha value is -0.530. The zero-order valence-electron chi connectivity index (χ0n) is 7.88. The number of carbonyl (C=O) groups excluding carboxylic acids is 1. The normalized spacial score (nSPS) is 30.1. The first-order chi connectivity index (χ1) is 5.72. The van der Waals surface area contributed by atoms with Crippen molar-refractivity contribution >= 4 is 5.91 Å². The lowest BCUT2D eigenvalue weighted by atomic mass is 9.79. The Bertz CT molecular complexity index is 156. The molecule has 0 spiro atoms. The lowest BCUT2D eigenvalue weighted by molar-refractivity contribution is -0.119. The quantitative estimate of drug-likeness (QED) is 0.690. The van der Waals surface area contributed by atoms with Crippen LogP contribution < -0.4 is 5.73 Å². The van der Waals surface area contributed by atoms with Crippen LogP contribution in [0.5, 0.6) is 0 Å². The molecule has 0 heterocycles. The zero-order chi connectivity index (χ0) is 8.97. The molecular weight excluding hydrogens is 150 g/mol. The highest BCUT2D eigenvalue weighted by molar-refractivity contribution is 5.73. The number of primary amides is 1. The maximum Gasteiger partial charge on any atom is 0.217 e. The zero-order valence-corrected chi connectivity index (χ0v) is 7.88. The Labute approximate surface area is 74.5 Å². The van der Waals surface area contributed by atoms with Crippen molar-refractivity contribution in [3.05, 3.63) is 0 Å². The summed E-state index contributed by atoms with van der Waals surface area (Å²) < 4.78 is 0. The standard InChI is InChI=1S/C10H19NO/c1-2-8-4-3-5-9(6-8)7-10(11)12/h8-9H,2-7H2,1H3,(H2,11,12). The van der Waals surface area contributed by atoms with Crippen molar-refractivity contribution in [1.29, 1.82) is 0 Å². The number of amides is 1. The van der Waals surface area contributed by atoms with Gasteiger partial charge in [-0.15, -0.1) is 0 Å². The van der Waals surface area contributed by atoms with Crippen LogP contribution >= 0.6 is 0 Å². The molecule has 0 bridgehead atoms. The second-order valence-electron chi connectivity index (χ2n) is 3.98. The van der Waals surface area contributed by atoms with E-state index in [1.807, 2.05) is 0 Å². The predicted octanol–water partition coefficient (Wildman–Crippen LogP) is 2.08. The molecule has 1 aliphatic carbocycles. The monoisotopic (exact) mass is 169 g/mol. The molecule has 1 fully saturated rings. The second kappa shape index (κ2) is 4.48. The summed E-state index contributed by atoms with van der Waals surface area (Å²) in [7, 11) is 0. The molecule has 0 aromatic carbocycles. The van der Waals surface area contributed by atoms with E-state index in [-0.39, 0.29) is 5.91 Å². The van der Waals surface area contributed by atoms with E-state index in [0.29, 0.717) is 12.3 Å². The molecule has 0 aromatic rings. The molecule has 1 aliphatic rings. The molecule has 2 nitrogen and oxygen atoms in total. The lowest BCUT2D eigenvalue weighted by Crippen LogP contribution is -2.21. The molecule has 0 aromatic heterocycles. The minimum atomic E-state index is -0.128. The Balaban J connectivity index is 2.30. The van der Waals surface area contributed by atoms with Crippen LogP contribution in [0, 0.1) is 11.8 Å². The first-order valence-electron chi connectivity index (χ1n) is 5.00. The van der Waals surface area contributed by atoms with Crippen LogP contribution in [-0.4, -0.2) is 5.91 Å². The van der Waals surface area contributed by atoms with Gasteiger partial charge in [-0.05, 0) is 24.7 Å². The van der Waals surface area contributed by atoms with Gasteiger partial charge in [-0.3, -0.25) is 4.79 Å². The van der Waals surface area contributed by atoms with Crippen molar-refractivity contribution in [2.45, 2.75) is 45.4 Å². The van der Waals surface area contributed by atoms with Crippen LogP contribution in [-0.2, 0) is 4.79 Å². The molecule has 1 amide bonds. The fraction of sp³-hybridized carbons (Fsp3) is 0.900. The first-order valence-corrected chi connectivity index (χ1v) is 5.00. The third-order valence-corrected chi connectivity index (χ3v) is 2.96. The topological polar surface area (TPSA) is 43.1 Å². The van der Waals surface area contributed by atoms with Crippen LogP contribution in [0.1, 0.15) is 45.4 Å². The number of rotatable bonds is 3. The third-order valence-electron chi connectivity index (χ3n) is 2.96. The van der Waals surface area contributed by atoms with Gasteiger partial charge in [0.2, 0.25) is 5.91 Å². The van der Waals surface area contributed by atoms with Gasteiger partial charge in [-0.2, -0.15) is 0 Å². The molecule has 0 saturated heterocycles. The second-order valence-corrected chi connectivity index (χ2v) is 3.98. The summed E-state index contributed by atoms with van der Waals surface area (Å²) in [5, 5.41) is 0. The number of hydrogen-bond acceptors (Lipinski definition) is 1. The van der Waals surface area contributed by atoms with Crippen LogP contribution in [0.15, 0.2) is 0 Å². The number of hydrogen-bond donors (Lipinski definition) is 1. The molecule has 2 unspecified atom stereocenters. The molecular formula is C10H19NO. The largest absolute Gasteiger partial charge is 0.370 e. The van der Waals surface area contributed by atoms with E-state index in [1.54, 1.807) is 0 Å². The van der Waals surface area contributed by atoms with E-state index in [4.69, 9.17) is 5.73 Å². The molecule has 1 rings (SSSR count). The summed E-state index contributed by atoms with van der Waals surface area (Å²) in [5.41, 5.74) is 5.17. The Kier molecular flexibility index (Phi) is 3.57. The van der Waals surface area contributed by atoms with Gasteiger partial charge in [0.1, 0.15) is 0 Å². The summed E-state index contributed by atoms with van der Waals surface area (Å²) in [6.07, 6.45) is 6.94. The lowest BCUT2D eigenvalue weighted by Gasteiger charge is -2.27. The summed E-state index contributed by atoms with van der Waals surface area (Å²) in [4.78, 5) is 10.7. The molecule has 0 aliphatic heterocycles. The smallest absolute Gasteiger partial charge is 0.217 e. The minimum Gasteiger partial charge on any atom is -0.370 e.